The lowest BCUT2D eigenvalue weighted by Gasteiger charge is -2.18. The first-order chi connectivity index (χ1) is 9.71. The van der Waals surface area contributed by atoms with Crippen molar-refractivity contribution in [2.24, 2.45) is 0 Å². The fourth-order valence-corrected chi connectivity index (χ4v) is 3.06. The molecule has 0 atom stereocenters. The minimum absolute atomic E-state index is 0.0980. The summed E-state index contributed by atoms with van der Waals surface area (Å²) >= 11 is 0. The van der Waals surface area contributed by atoms with Crippen molar-refractivity contribution >= 4 is 15.7 Å². The van der Waals surface area contributed by atoms with E-state index in [1.807, 2.05) is 0 Å². The number of sulfonamides is 1. The molecule has 0 heterocycles. The Morgan fingerprint density at radius 3 is 2.57 bits per heavy atom. The van der Waals surface area contributed by atoms with E-state index in [-0.39, 0.29) is 23.6 Å². The largest absolute Gasteiger partial charge is 0.380 e. The molecule has 7 nitrogen and oxygen atoms in total. The van der Waals surface area contributed by atoms with Gasteiger partial charge >= 0.3 is 5.69 Å². The van der Waals surface area contributed by atoms with Crippen LogP contribution in [0.4, 0.5) is 10.1 Å². The Morgan fingerprint density at radius 2 is 2.05 bits per heavy atom. The number of hydrogen-bond donors (Lipinski definition) is 0. The van der Waals surface area contributed by atoms with Gasteiger partial charge in [0.15, 0.2) is 0 Å². The van der Waals surface area contributed by atoms with Crippen LogP contribution in [0.1, 0.15) is 12.5 Å². The second-order valence-electron chi connectivity index (χ2n) is 4.35. The molecule has 21 heavy (non-hydrogen) atoms. The fourth-order valence-electron chi connectivity index (χ4n) is 1.69. The topological polar surface area (TPSA) is 89.8 Å². The summed E-state index contributed by atoms with van der Waals surface area (Å²) in [7, 11) is -2.60. The highest BCUT2D eigenvalue weighted by atomic mass is 32.2. The Hall–Kier alpha value is -1.58. The highest BCUT2D eigenvalue weighted by Gasteiger charge is 2.27. The van der Waals surface area contributed by atoms with E-state index in [1.165, 1.54) is 14.0 Å². The molecule has 9 heteroatoms. The summed E-state index contributed by atoms with van der Waals surface area (Å²) in [4.78, 5) is 9.50. The minimum Gasteiger partial charge on any atom is -0.380 e. The van der Waals surface area contributed by atoms with E-state index in [0.717, 1.165) is 16.4 Å². The molecule has 0 amide bonds. The molecular weight excluding hydrogens is 303 g/mol. The van der Waals surface area contributed by atoms with Crippen molar-refractivity contribution in [1.29, 1.82) is 0 Å². The van der Waals surface area contributed by atoms with Crippen molar-refractivity contribution in [3.8, 4) is 0 Å². The molecular formula is C12H17FN2O5S. The van der Waals surface area contributed by atoms with Gasteiger partial charge in [0.1, 0.15) is 0 Å². The number of rotatable bonds is 7. The molecule has 1 rings (SSSR count). The first-order valence-electron chi connectivity index (χ1n) is 6.20. The third-order valence-electron chi connectivity index (χ3n) is 2.88. The van der Waals surface area contributed by atoms with Gasteiger partial charge < -0.3 is 4.74 Å². The number of aryl methyl sites for hydroxylation is 1. The molecule has 0 aliphatic heterocycles. The molecule has 0 unspecified atom stereocenters. The Morgan fingerprint density at radius 1 is 1.43 bits per heavy atom. The number of nitro groups is 1. The Kier molecular flexibility index (Phi) is 5.76. The van der Waals surface area contributed by atoms with Crippen LogP contribution in [-0.2, 0) is 14.8 Å². The summed E-state index contributed by atoms with van der Waals surface area (Å²) in [6, 6.07) is 1.60. The molecule has 0 aliphatic rings. The maximum absolute atomic E-state index is 13.4. The van der Waals surface area contributed by atoms with Crippen LogP contribution < -0.4 is 0 Å². The van der Waals surface area contributed by atoms with Crippen LogP contribution in [0.3, 0.4) is 0 Å². The maximum Gasteiger partial charge on any atom is 0.306 e. The molecule has 0 bridgehead atoms. The smallest absolute Gasteiger partial charge is 0.306 e. The van der Waals surface area contributed by atoms with Gasteiger partial charge in [-0.15, -0.1) is 0 Å². The monoisotopic (exact) mass is 320 g/mol. The van der Waals surface area contributed by atoms with Crippen LogP contribution in [0, 0.1) is 22.9 Å². The van der Waals surface area contributed by atoms with Crippen molar-refractivity contribution in [3.63, 3.8) is 0 Å². The molecule has 0 radical (unpaired) electrons. The predicted molar refractivity (Wildman–Crippen MR) is 74.1 cm³/mol. The molecule has 0 saturated carbocycles. The van der Waals surface area contributed by atoms with E-state index < -0.39 is 26.5 Å². The van der Waals surface area contributed by atoms with E-state index in [0.29, 0.717) is 6.61 Å². The summed E-state index contributed by atoms with van der Waals surface area (Å²) in [6.45, 7) is 3.92. The number of nitro benzene ring substituents is 1. The third kappa shape index (κ3) is 3.96. The molecule has 0 aromatic heterocycles. The molecule has 0 spiro atoms. The first-order valence-corrected chi connectivity index (χ1v) is 7.64. The third-order valence-corrected chi connectivity index (χ3v) is 4.88. The summed E-state index contributed by atoms with van der Waals surface area (Å²) in [5.74, 6) is -1.06. The van der Waals surface area contributed by atoms with Crippen LogP contribution in [-0.4, -0.2) is 44.5 Å². The summed E-state index contributed by atoms with van der Waals surface area (Å²) < 4.78 is 44.3. The molecule has 1 aromatic carbocycles. The number of benzene rings is 1. The van der Waals surface area contributed by atoms with Gasteiger partial charge in [-0.05, 0) is 25.5 Å². The van der Waals surface area contributed by atoms with Crippen LogP contribution >= 0.6 is 0 Å². The molecule has 1 aromatic rings. The number of ether oxygens (including phenoxy) is 1. The summed E-state index contributed by atoms with van der Waals surface area (Å²) in [5, 5.41) is 10.7. The lowest BCUT2D eigenvalue weighted by atomic mass is 10.2. The SMILES string of the molecule is CCOCCN(C)S(=O)(=O)c1cc([N+](=O)[O-])c(F)cc1C. The van der Waals surface area contributed by atoms with Gasteiger partial charge in [-0.2, -0.15) is 8.70 Å². The fraction of sp³-hybridized carbons (Fsp3) is 0.500. The predicted octanol–water partition coefficient (Wildman–Crippen LogP) is 1.70. The number of nitrogens with zero attached hydrogens (tertiary/aromatic N) is 2. The minimum atomic E-state index is -3.94. The van der Waals surface area contributed by atoms with E-state index in [9.17, 15) is 22.9 Å². The zero-order valence-electron chi connectivity index (χ0n) is 12.0. The van der Waals surface area contributed by atoms with Crippen molar-refractivity contribution < 1.29 is 22.5 Å². The van der Waals surface area contributed by atoms with E-state index >= 15 is 0 Å². The zero-order chi connectivity index (χ0) is 16.2. The van der Waals surface area contributed by atoms with Gasteiger partial charge in [0.05, 0.1) is 16.4 Å². The Balaban J connectivity index is 3.19. The van der Waals surface area contributed by atoms with Crippen LogP contribution in [0.15, 0.2) is 17.0 Å². The van der Waals surface area contributed by atoms with Crippen LogP contribution in [0.5, 0.6) is 0 Å². The van der Waals surface area contributed by atoms with E-state index in [1.54, 1.807) is 6.92 Å². The van der Waals surface area contributed by atoms with Crippen molar-refractivity contribution in [3.05, 3.63) is 33.6 Å². The lowest BCUT2D eigenvalue weighted by molar-refractivity contribution is -0.387. The first kappa shape index (κ1) is 17.5. The molecule has 0 aliphatic carbocycles. The van der Waals surface area contributed by atoms with Gasteiger partial charge in [-0.25, -0.2) is 8.42 Å². The maximum atomic E-state index is 13.4. The lowest BCUT2D eigenvalue weighted by Crippen LogP contribution is -2.31. The average Bonchev–Trinajstić information content (AvgIpc) is 2.37. The van der Waals surface area contributed by atoms with Crippen LogP contribution in [0.25, 0.3) is 0 Å². The second-order valence-corrected chi connectivity index (χ2v) is 6.36. The normalized spacial score (nSPS) is 11.9. The highest BCUT2D eigenvalue weighted by Crippen LogP contribution is 2.27. The number of halogens is 1. The zero-order valence-corrected chi connectivity index (χ0v) is 12.8. The molecule has 0 N–H and O–H groups in total. The average molecular weight is 320 g/mol. The highest BCUT2D eigenvalue weighted by molar-refractivity contribution is 7.89. The van der Waals surface area contributed by atoms with Gasteiger partial charge in [-0.3, -0.25) is 10.1 Å². The van der Waals surface area contributed by atoms with Crippen LogP contribution in [0.2, 0.25) is 0 Å². The van der Waals surface area contributed by atoms with E-state index in [4.69, 9.17) is 4.74 Å². The van der Waals surface area contributed by atoms with Crippen molar-refractivity contribution in [2.45, 2.75) is 18.7 Å². The standard InChI is InChI=1S/C12H17FN2O5S/c1-4-20-6-5-14(3)21(18,19)12-8-11(15(16)17)10(13)7-9(12)2/h7-8H,4-6H2,1-3H3. The van der Waals surface area contributed by atoms with E-state index in [2.05, 4.69) is 0 Å². The summed E-state index contributed by atoms with van der Waals surface area (Å²) in [5.41, 5.74) is -0.751. The Bertz CT molecular complexity index is 633. The van der Waals surface area contributed by atoms with Gasteiger partial charge in [-0.1, -0.05) is 0 Å². The second kappa shape index (κ2) is 6.92. The Labute approximate surface area is 122 Å². The quantitative estimate of drug-likeness (QED) is 0.433. The van der Waals surface area contributed by atoms with Crippen molar-refractivity contribution in [1.82, 2.24) is 4.31 Å². The van der Waals surface area contributed by atoms with Crippen molar-refractivity contribution in [2.75, 3.05) is 26.8 Å². The summed E-state index contributed by atoms with van der Waals surface area (Å²) in [6.07, 6.45) is 0. The van der Waals surface area contributed by atoms with Gasteiger partial charge in [0.2, 0.25) is 15.8 Å². The molecule has 0 fully saturated rings. The molecule has 118 valence electrons. The number of hydrogen-bond acceptors (Lipinski definition) is 5. The molecule has 0 saturated heterocycles. The van der Waals surface area contributed by atoms with Gasteiger partial charge in [0, 0.05) is 26.3 Å². The van der Waals surface area contributed by atoms with Gasteiger partial charge in [0.25, 0.3) is 0 Å². The number of likely N-dealkylation sites (N-methyl/N-ethyl adjacent to an activating group) is 1.